The second-order valence-electron chi connectivity index (χ2n) is 8.98. The standard InChI is InChI=1S/C22H19BrN2O5S2/c23-9-3-1-8(2-4-9)13-14-10-7-11(17(14)31-19-18(13)32-22(30)24-19)16-15(10)20(28)25(21(16)29)6-5-12(26)27/h1-4,10-11,13-17H,5-7H2,(H,24,30)(H,26,27)/t10-,11-,13-,14-,15+,16-,17-/m1/s1. The van der Waals surface area contributed by atoms with E-state index in [9.17, 15) is 19.2 Å². The number of carboxylic acids is 1. The number of halogens is 1. The summed E-state index contributed by atoms with van der Waals surface area (Å²) in [5.41, 5.74) is 1.11. The number of carboxylic acid groups (broad SMARTS) is 1. The third-order valence-corrected chi connectivity index (χ3v) is 10.7. The molecular formula is C22H19BrN2O5S2. The topological polar surface area (TPSA) is 108 Å². The highest BCUT2D eigenvalue weighted by molar-refractivity contribution is 9.10. The summed E-state index contributed by atoms with van der Waals surface area (Å²) in [7, 11) is 0. The number of nitrogens with one attached hydrogen (secondary N) is 1. The Bertz CT molecular complexity index is 1210. The van der Waals surface area contributed by atoms with Crippen molar-refractivity contribution in [2.24, 2.45) is 29.6 Å². The minimum atomic E-state index is -1.02. The van der Waals surface area contributed by atoms with Gasteiger partial charge in [0.25, 0.3) is 0 Å². The van der Waals surface area contributed by atoms with Crippen LogP contribution in [0.4, 0.5) is 0 Å². The highest BCUT2D eigenvalue weighted by atomic mass is 79.9. The lowest BCUT2D eigenvalue weighted by Gasteiger charge is -2.43. The first-order chi connectivity index (χ1) is 15.3. The van der Waals surface area contributed by atoms with Crippen molar-refractivity contribution in [2.45, 2.75) is 29.0 Å². The van der Waals surface area contributed by atoms with Crippen molar-refractivity contribution < 1.29 is 19.5 Å². The third-order valence-electron chi connectivity index (χ3n) is 7.59. The smallest absolute Gasteiger partial charge is 0.305 e. The fourth-order valence-electron chi connectivity index (χ4n) is 6.55. The van der Waals surface area contributed by atoms with Gasteiger partial charge in [-0.05, 0) is 41.9 Å². The second kappa shape index (κ2) is 7.30. The Morgan fingerprint density at radius 2 is 1.81 bits per heavy atom. The van der Waals surface area contributed by atoms with E-state index in [0.29, 0.717) is 0 Å². The number of benzene rings is 1. The molecule has 0 unspecified atom stereocenters. The Hall–Kier alpha value is -1.91. The summed E-state index contributed by atoms with van der Waals surface area (Å²) in [6, 6.07) is 8.13. The number of aromatic nitrogens is 1. The molecule has 1 aromatic heterocycles. The number of thiazole rings is 1. The monoisotopic (exact) mass is 534 g/mol. The quantitative estimate of drug-likeness (QED) is 0.583. The van der Waals surface area contributed by atoms with E-state index in [1.807, 2.05) is 12.1 Å². The van der Waals surface area contributed by atoms with E-state index < -0.39 is 5.97 Å². The minimum Gasteiger partial charge on any atom is -0.481 e. The summed E-state index contributed by atoms with van der Waals surface area (Å²) in [6.45, 7) is -0.0568. The highest BCUT2D eigenvalue weighted by Gasteiger charge is 2.69. The summed E-state index contributed by atoms with van der Waals surface area (Å²) in [5, 5.41) is 10.1. The van der Waals surface area contributed by atoms with Crippen LogP contribution < -0.4 is 4.87 Å². The SMILES string of the molecule is O=C(O)CCN1C(=O)[C@@H]2[C@H]3C[C@@H]([C@@H]2C1=O)[C@@H]1[C@@H](c2ccc(Br)cc2)c2sc(=O)[nH]c2S[C@H]31. The number of nitrogens with zero attached hydrogens (tertiary/aromatic N) is 1. The van der Waals surface area contributed by atoms with Crippen molar-refractivity contribution in [3.63, 3.8) is 0 Å². The molecule has 2 aliphatic heterocycles. The molecule has 4 aliphatic rings. The summed E-state index contributed by atoms with van der Waals surface area (Å²) < 4.78 is 0.976. The normalized spacial score (nSPS) is 34.5. The number of imide groups is 1. The molecule has 32 heavy (non-hydrogen) atoms. The molecule has 7 atom stereocenters. The van der Waals surface area contributed by atoms with Crippen LogP contribution in [0.15, 0.2) is 38.6 Å². The largest absolute Gasteiger partial charge is 0.481 e. The van der Waals surface area contributed by atoms with Crippen LogP contribution in [0, 0.1) is 29.6 Å². The van der Waals surface area contributed by atoms with Crippen molar-refractivity contribution in [3.8, 4) is 0 Å². The van der Waals surface area contributed by atoms with Crippen molar-refractivity contribution in [1.29, 1.82) is 0 Å². The second-order valence-corrected chi connectivity index (χ2v) is 12.1. The molecule has 2 aliphatic carbocycles. The molecule has 0 spiro atoms. The van der Waals surface area contributed by atoms with Gasteiger partial charge in [-0.2, -0.15) is 0 Å². The number of aliphatic carboxylic acids is 1. The zero-order valence-corrected chi connectivity index (χ0v) is 19.9. The molecule has 166 valence electrons. The van der Waals surface area contributed by atoms with Crippen LogP contribution in [0.3, 0.4) is 0 Å². The molecule has 3 heterocycles. The van der Waals surface area contributed by atoms with Crippen LogP contribution in [-0.2, 0) is 14.4 Å². The van der Waals surface area contributed by atoms with Gasteiger partial charge in [0.05, 0.1) is 23.3 Å². The molecule has 1 saturated heterocycles. The van der Waals surface area contributed by atoms with Gasteiger partial charge in [-0.25, -0.2) is 0 Å². The number of likely N-dealkylation sites (tertiary alicyclic amines) is 1. The lowest BCUT2D eigenvalue weighted by molar-refractivity contribution is -0.142. The van der Waals surface area contributed by atoms with E-state index in [1.54, 1.807) is 11.8 Å². The average molecular weight is 535 g/mol. The highest BCUT2D eigenvalue weighted by Crippen LogP contribution is 2.68. The van der Waals surface area contributed by atoms with Gasteiger partial charge in [0.1, 0.15) is 0 Å². The predicted octanol–water partition coefficient (Wildman–Crippen LogP) is 3.15. The molecular weight excluding hydrogens is 516 g/mol. The number of fused-ring (bicyclic) bond motifs is 9. The van der Waals surface area contributed by atoms with Crippen LogP contribution in [0.25, 0.3) is 0 Å². The Morgan fingerprint density at radius 3 is 2.50 bits per heavy atom. The van der Waals surface area contributed by atoms with Gasteiger partial charge in [-0.3, -0.25) is 24.1 Å². The van der Waals surface area contributed by atoms with Gasteiger partial charge in [0.15, 0.2) is 0 Å². The van der Waals surface area contributed by atoms with Crippen LogP contribution in [0.1, 0.15) is 29.2 Å². The van der Waals surface area contributed by atoms with Crippen LogP contribution >= 0.6 is 39.0 Å². The number of carbonyl (C=O) groups excluding carboxylic acids is 2. The number of H-pyrrole nitrogens is 1. The van der Waals surface area contributed by atoms with E-state index in [4.69, 9.17) is 5.11 Å². The number of amides is 2. The van der Waals surface area contributed by atoms with Gasteiger partial charge in [0.2, 0.25) is 11.8 Å². The van der Waals surface area contributed by atoms with Gasteiger partial charge >= 0.3 is 10.8 Å². The molecule has 2 bridgehead atoms. The zero-order valence-electron chi connectivity index (χ0n) is 16.7. The number of thioether (sulfide) groups is 1. The molecule has 1 aromatic carbocycles. The molecule has 3 fully saturated rings. The maximum absolute atomic E-state index is 13.3. The number of hydrogen-bond acceptors (Lipinski definition) is 6. The number of aromatic amines is 1. The Morgan fingerprint density at radius 1 is 1.12 bits per heavy atom. The lowest BCUT2D eigenvalue weighted by Crippen LogP contribution is -2.42. The summed E-state index contributed by atoms with van der Waals surface area (Å²) in [5.74, 6) is -1.92. The molecule has 2 amide bonds. The lowest BCUT2D eigenvalue weighted by atomic mass is 9.68. The van der Waals surface area contributed by atoms with Crippen molar-refractivity contribution >= 4 is 56.8 Å². The van der Waals surface area contributed by atoms with E-state index in [0.717, 1.165) is 26.4 Å². The van der Waals surface area contributed by atoms with Gasteiger partial charge in [-0.1, -0.05) is 39.4 Å². The van der Waals surface area contributed by atoms with Gasteiger partial charge in [0, 0.05) is 27.1 Å². The molecule has 7 nitrogen and oxygen atoms in total. The molecule has 0 radical (unpaired) electrons. The Kier molecular flexibility index (Phi) is 4.71. The van der Waals surface area contributed by atoms with E-state index in [2.05, 4.69) is 33.0 Å². The van der Waals surface area contributed by atoms with Gasteiger partial charge in [-0.15, -0.1) is 11.8 Å². The van der Waals surface area contributed by atoms with Crippen LogP contribution in [-0.4, -0.2) is 44.6 Å². The molecule has 2 saturated carbocycles. The number of hydrogen-bond donors (Lipinski definition) is 2. The average Bonchev–Trinajstić information content (AvgIpc) is 3.47. The van der Waals surface area contributed by atoms with Crippen LogP contribution in [0.2, 0.25) is 0 Å². The first-order valence-electron chi connectivity index (χ1n) is 10.6. The summed E-state index contributed by atoms with van der Waals surface area (Å²) in [4.78, 5) is 54.8. The zero-order chi connectivity index (χ0) is 22.3. The van der Waals surface area contributed by atoms with Crippen LogP contribution in [0.5, 0.6) is 0 Å². The molecule has 6 rings (SSSR count). The molecule has 10 heteroatoms. The number of carbonyl (C=O) groups is 3. The Balaban J connectivity index is 1.41. The first-order valence-corrected chi connectivity index (χ1v) is 13.1. The third kappa shape index (κ3) is 2.85. The van der Waals surface area contributed by atoms with E-state index >= 15 is 0 Å². The van der Waals surface area contributed by atoms with Crippen molar-refractivity contribution in [1.82, 2.24) is 9.88 Å². The van der Waals surface area contributed by atoms with Crippen molar-refractivity contribution in [3.05, 3.63) is 48.8 Å². The summed E-state index contributed by atoms with van der Waals surface area (Å²) in [6.07, 6.45) is 0.599. The maximum Gasteiger partial charge on any atom is 0.305 e. The predicted molar refractivity (Wildman–Crippen MR) is 122 cm³/mol. The maximum atomic E-state index is 13.3. The number of rotatable bonds is 4. The van der Waals surface area contributed by atoms with E-state index in [-0.39, 0.29) is 70.4 Å². The molecule has 2 N–H and O–H groups in total. The van der Waals surface area contributed by atoms with Crippen molar-refractivity contribution in [2.75, 3.05) is 6.54 Å². The fourth-order valence-corrected chi connectivity index (χ4v) is 9.70. The molecule has 2 aromatic rings. The fraction of sp³-hybridized carbons (Fsp3) is 0.455. The van der Waals surface area contributed by atoms with Gasteiger partial charge < -0.3 is 10.1 Å². The Labute approximate surface area is 199 Å². The minimum absolute atomic E-state index is 0.000205. The summed E-state index contributed by atoms with van der Waals surface area (Å²) >= 11 is 6.39. The van der Waals surface area contributed by atoms with E-state index in [1.165, 1.54) is 16.2 Å². The first kappa shape index (κ1) is 20.7.